The number of nitrogens with zero attached hydrogens (tertiary/aromatic N) is 3. The fraction of sp³-hybridized carbons (Fsp3) is 0.400. The fourth-order valence-corrected chi connectivity index (χ4v) is 3.47. The highest BCUT2D eigenvalue weighted by atomic mass is 16.1. The third-order valence-electron chi connectivity index (χ3n) is 5.05. The maximum atomic E-state index is 12.2. The van der Waals surface area contributed by atoms with Crippen molar-refractivity contribution in [2.75, 3.05) is 5.32 Å². The summed E-state index contributed by atoms with van der Waals surface area (Å²) in [5.41, 5.74) is 5.07. The van der Waals surface area contributed by atoms with Gasteiger partial charge in [-0.05, 0) is 31.4 Å². The third kappa shape index (κ3) is 3.38. The number of carbonyl (C=O) groups excluding carboxylic acids is 1. The lowest BCUT2D eigenvalue weighted by Gasteiger charge is -2.09. The lowest BCUT2D eigenvalue weighted by molar-refractivity contribution is -0.116. The van der Waals surface area contributed by atoms with Crippen LogP contribution in [0.2, 0.25) is 0 Å². The first-order valence-electron chi connectivity index (χ1n) is 9.03. The smallest absolute Gasteiger partial charge is 0.224 e. The molecule has 1 amide bonds. The number of rotatable bonds is 7. The second-order valence-electron chi connectivity index (χ2n) is 6.89. The van der Waals surface area contributed by atoms with E-state index >= 15 is 0 Å². The molecule has 2 N–H and O–H groups in total. The lowest BCUT2D eigenvalue weighted by atomic mass is 10.0. The van der Waals surface area contributed by atoms with Crippen LogP contribution in [0.25, 0.3) is 11.3 Å². The third-order valence-corrected chi connectivity index (χ3v) is 5.05. The highest BCUT2D eigenvalue weighted by molar-refractivity contribution is 5.91. The van der Waals surface area contributed by atoms with E-state index in [1.165, 1.54) is 17.7 Å². The summed E-state index contributed by atoms with van der Waals surface area (Å²) in [6, 6.07) is 7.85. The summed E-state index contributed by atoms with van der Waals surface area (Å²) in [5.74, 6) is 2.56. The molecule has 6 nitrogen and oxygen atoms in total. The molecule has 0 spiro atoms. The van der Waals surface area contributed by atoms with Crippen LogP contribution in [0, 0.1) is 12.3 Å². The van der Waals surface area contributed by atoms with Gasteiger partial charge in [0.15, 0.2) is 5.66 Å². The van der Waals surface area contributed by atoms with Gasteiger partial charge in [-0.15, -0.1) is 12.3 Å². The first-order chi connectivity index (χ1) is 12.7. The van der Waals surface area contributed by atoms with Crippen LogP contribution < -0.4 is 5.32 Å². The Bertz CT molecular complexity index is 882. The Labute approximate surface area is 152 Å². The summed E-state index contributed by atoms with van der Waals surface area (Å²) in [5, 5.41) is 18.6. The van der Waals surface area contributed by atoms with Gasteiger partial charge in [0.05, 0.1) is 5.69 Å². The van der Waals surface area contributed by atoms with Crippen molar-refractivity contribution >= 4 is 11.6 Å². The maximum absolute atomic E-state index is 12.2. The zero-order valence-corrected chi connectivity index (χ0v) is 14.6. The fourth-order valence-electron chi connectivity index (χ4n) is 3.47. The Morgan fingerprint density at radius 1 is 1.23 bits per heavy atom. The predicted octanol–water partition coefficient (Wildman–Crippen LogP) is 3.86. The molecule has 0 unspecified atom stereocenters. The van der Waals surface area contributed by atoms with Crippen LogP contribution in [0.1, 0.15) is 43.4 Å². The van der Waals surface area contributed by atoms with Crippen LogP contribution in [0.3, 0.4) is 0 Å². The Morgan fingerprint density at radius 3 is 2.77 bits per heavy atom. The van der Waals surface area contributed by atoms with Crippen molar-refractivity contribution in [2.24, 2.45) is 10.2 Å². The Balaban J connectivity index is 1.33. The SMILES string of the molecule is C#CCCC1(CCC(=O)Nc2ccc(-c3n[nH]c4c3CCC4)cc2)N=N1. The van der Waals surface area contributed by atoms with Crippen LogP contribution >= 0.6 is 0 Å². The molecule has 1 aromatic carbocycles. The van der Waals surface area contributed by atoms with E-state index in [2.05, 4.69) is 31.7 Å². The lowest BCUT2D eigenvalue weighted by Crippen LogP contribution is -2.17. The minimum Gasteiger partial charge on any atom is -0.326 e. The summed E-state index contributed by atoms with van der Waals surface area (Å²) >= 11 is 0. The number of aromatic nitrogens is 2. The summed E-state index contributed by atoms with van der Waals surface area (Å²) < 4.78 is 0. The van der Waals surface area contributed by atoms with Gasteiger partial charge in [-0.2, -0.15) is 15.3 Å². The van der Waals surface area contributed by atoms with E-state index in [1.807, 2.05) is 24.3 Å². The zero-order chi connectivity index (χ0) is 18.0. The maximum Gasteiger partial charge on any atom is 0.224 e. The van der Waals surface area contributed by atoms with Gasteiger partial charge in [0.25, 0.3) is 0 Å². The Kier molecular flexibility index (Phi) is 4.29. The van der Waals surface area contributed by atoms with Gasteiger partial charge >= 0.3 is 0 Å². The molecule has 0 saturated carbocycles. The molecule has 0 radical (unpaired) electrons. The summed E-state index contributed by atoms with van der Waals surface area (Å²) in [7, 11) is 0. The number of carbonyl (C=O) groups is 1. The zero-order valence-electron chi connectivity index (χ0n) is 14.6. The number of anilines is 1. The molecule has 2 heterocycles. The number of terminal acetylenes is 1. The van der Waals surface area contributed by atoms with E-state index in [0.29, 0.717) is 19.3 Å². The predicted molar refractivity (Wildman–Crippen MR) is 99.6 cm³/mol. The van der Waals surface area contributed by atoms with Crippen LogP contribution in [0.4, 0.5) is 5.69 Å². The van der Waals surface area contributed by atoms with Gasteiger partial charge < -0.3 is 5.32 Å². The number of nitrogens with one attached hydrogen (secondary N) is 2. The first-order valence-corrected chi connectivity index (χ1v) is 9.03. The van der Waals surface area contributed by atoms with Gasteiger partial charge in [0, 0.05) is 48.2 Å². The van der Waals surface area contributed by atoms with E-state index in [0.717, 1.165) is 36.2 Å². The number of aryl methyl sites for hydroxylation is 1. The number of hydrogen-bond donors (Lipinski definition) is 2. The van der Waals surface area contributed by atoms with Gasteiger partial charge in [-0.25, -0.2) is 0 Å². The second kappa shape index (κ2) is 6.75. The summed E-state index contributed by atoms with van der Waals surface area (Å²) in [6.45, 7) is 0. The molecule has 26 heavy (non-hydrogen) atoms. The average Bonchev–Trinajstić information content (AvgIpc) is 3.07. The monoisotopic (exact) mass is 347 g/mol. The number of amides is 1. The molecule has 6 heteroatoms. The second-order valence-corrected chi connectivity index (χ2v) is 6.89. The molecule has 2 aliphatic rings. The quantitative estimate of drug-likeness (QED) is 0.746. The molecule has 0 saturated heterocycles. The summed E-state index contributed by atoms with van der Waals surface area (Å²) in [6.07, 6.45) is 11.0. The first kappa shape index (κ1) is 16.5. The van der Waals surface area contributed by atoms with Gasteiger partial charge in [-0.3, -0.25) is 9.89 Å². The molecule has 4 rings (SSSR count). The highest BCUT2D eigenvalue weighted by Gasteiger charge is 2.39. The van der Waals surface area contributed by atoms with Crippen molar-refractivity contribution in [1.29, 1.82) is 0 Å². The van der Waals surface area contributed by atoms with Crippen molar-refractivity contribution in [2.45, 2.75) is 50.6 Å². The van der Waals surface area contributed by atoms with Crippen LogP contribution in [0.5, 0.6) is 0 Å². The minimum absolute atomic E-state index is 0.0317. The van der Waals surface area contributed by atoms with Crippen LogP contribution in [-0.2, 0) is 17.6 Å². The van der Waals surface area contributed by atoms with Crippen molar-refractivity contribution in [3.8, 4) is 23.6 Å². The largest absolute Gasteiger partial charge is 0.326 e. The van der Waals surface area contributed by atoms with Crippen molar-refractivity contribution < 1.29 is 4.79 Å². The minimum atomic E-state index is -0.409. The highest BCUT2D eigenvalue weighted by Crippen LogP contribution is 2.37. The number of H-pyrrole nitrogens is 1. The van der Waals surface area contributed by atoms with Crippen molar-refractivity contribution in [3.05, 3.63) is 35.5 Å². The molecule has 1 aliphatic heterocycles. The number of aromatic amines is 1. The molecule has 132 valence electrons. The van der Waals surface area contributed by atoms with Gasteiger partial charge in [0.1, 0.15) is 0 Å². The molecule has 0 fully saturated rings. The molecule has 1 aromatic heterocycles. The van der Waals surface area contributed by atoms with Gasteiger partial charge in [-0.1, -0.05) is 12.1 Å². The number of benzene rings is 1. The van der Waals surface area contributed by atoms with Crippen molar-refractivity contribution in [1.82, 2.24) is 10.2 Å². The van der Waals surface area contributed by atoms with E-state index in [4.69, 9.17) is 6.42 Å². The molecule has 2 aromatic rings. The summed E-state index contributed by atoms with van der Waals surface area (Å²) in [4.78, 5) is 12.2. The van der Waals surface area contributed by atoms with Crippen LogP contribution in [0.15, 0.2) is 34.5 Å². The van der Waals surface area contributed by atoms with E-state index in [-0.39, 0.29) is 5.91 Å². The molecule has 0 bridgehead atoms. The molecule has 1 aliphatic carbocycles. The number of hydrogen-bond acceptors (Lipinski definition) is 4. The number of fused-ring (bicyclic) bond motifs is 1. The van der Waals surface area contributed by atoms with Crippen molar-refractivity contribution in [3.63, 3.8) is 0 Å². The molecular formula is C20H21N5O. The molecule has 0 atom stereocenters. The Hall–Kier alpha value is -2.94. The average molecular weight is 347 g/mol. The van der Waals surface area contributed by atoms with E-state index < -0.39 is 5.66 Å². The normalized spacial score (nSPS) is 16.1. The Morgan fingerprint density at radius 2 is 2.04 bits per heavy atom. The standard InChI is InChI=1S/C20H21N5O/c1-2-3-12-20(24-25-20)13-11-18(26)21-15-9-7-14(8-10-15)19-16-5-4-6-17(16)22-23-19/h1,7-10H,3-6,11-13H2,(H,21,26)(H,22,23). The van der Waals surface area contributed by atoms with E-state index in [9.17, 15) is 4.79 Å². The topological polar surface area (TPSA) is 82.5 Å². The van der Waals surface area contributed by atoms with Gasteiger partial charge in [0.2, 0.25) is 5.91 Å². The van der Waals surface area contributed by atoms with E-state index in [1.54, 1.807) is 0 Å². The van der Waals surface area contributed by atoms with Crippen LogP contribution in [-0.4, -0.2) is 21.8 Å². The molecular weight excluding hydrogens is 326 g/mol.